The van der Waals surface area contributed by atoms with Crippen molar-refractivity contribution in [1.29, 1.82) is 0 Å². The quantitative estimate of drug-likeness (QED) is 0.252. The standard InChI is InChI=1S/C30H35N3O5/c34-29(35)11-4-2-1-3-5-18-38-28-13-12-26-20-25(28)22-37-17-7-6-16-36-21-23-9-8-10-24(19-23)27-14-15-31-30(32-26)33-27/h6-10,12-15,19-20H,1-5,11,16-18,21-22H2,(H,34,35)(H,31,32,33)/b7-6+. The molecule has 0 amide bonds. The Balaban J connectivity index is 1.43. The number of rotatable bonds is 9. The van der Waals surface area contributed by atoms with E-state index in [4.69, 9.17) is 24.3 Å². The molecule has 0 unspecified atom stereocenters. The maximum atomic E-state index is 10.6. The Morgan fingerprint density at radius 1 is 0.947 bits per heavy atom. The van der Waals surface area contributed by atoms with Gasteiger partial charge in [-0.3, -0.25) is 4.79 Å². The third kappa shape index (κ3) is 8.97. The number of nitrogens with one attached hydrogen (secondary N) is 1. The molecule has 2 heterocycles. The van der Waals surface area contributed by atoms with Crippen molar-refractivity contribution in [3.63, 3.8) is 0 Å². The number of aliphatic carboxylic acids is 1. The lowest BCUT2D eigenvalue weighted by molar-refractivity contribution is -0.137. The monoisotopic (exact) mass is 517 g/mol. The lowest BCUT2D eigenvalue weighted by Crippen LogP contribution is -2.04. The van der Waals surface area contributed by atoms with Crippen molar-refractivity contribution in [2.75, 3.05) is 25.1 Å². The van der Waals surface area contributed by atoms with Crippen LogP contribution in [0.4, 0.5) is 11.6 Å². The SMILES string of the molecule is O=C(O)CCCCCCCOc1ccc2cc1COC/C=C/COCc1cccc(c1)-c1ccnc(n1)N2. The Labute approximate surface area is 223 Å². The van der Waals surface area contributed by atoms with E-state index in [1.54, 1.807) is 6.20 Å². The zero-order valence-electron chi connectivity index (χ0n) is 21.6. The lowest BCUT2D eigenvalue weighted by atomic mass is 10.1. The molecule has 2 N–H and O–H groups in total. The fourth-order valence-electron chi connectivity index (χ4n) is 4.15. The first-order valence-electron chi connectivity index (χ1n) is 13.1. The minimum absolute atomic E-state index is 0.241. The molecule has 0 saturated carbocycles. The first-order chi connectivity index (χ1) is 18.7. The van der Waals surface area contributed by atoms with Crippen molar-refractivity contribution in [3.05, 3.63) is 78.0 Å². The van der Waals surface area contributed by atoms with Crippen molar-refractivity contribution < 1.29 is 24.1 Å². The molecule has 200 valence electrons. The minimum atomic E-state index is -0.729. The number of aromatic nitrogens is 2. The highest BCUT2D eigenvalue weighted by Gasteiger charge is 2.09. The highest BCUT2D eigenvalue weighted by Crippen LogP contribution is 2.27. The predicted molar refractivity (Wildman–Crippen MR) is 146 cm³/mol. The number of fused-ring (bicyclic) bond motifs is 7. The number of unbranched alkanes of at least 4 members (excludes halogenated alkanes) is 4. The largest absolute Gasteiger partial charge is 0.493 e. The smallest absolute Gasteiger partial charge is 0.303 e. The molecular weight excluding hydrogens is 482 g/mol. The summed E-state index contributed by atoms with van der Waals surface area (Å²) in [5, 5.41) is 12.0. The van der Waals surface area contributed by atoms with Gasteiger partial charge in [0.2, 0.25) is 5.95 Å². The molecular formula is C30H35N3O5. The van der Waals surface area contributed by atoms with Crippen LogP contribution in [0.15, 0.2) is 66.9 Å². The maximum Gasteiger partial charge on any atom is 0.303 e. The van der Waals surface area contributed by atoms with Crippen LogP contribution in [-0.4, -0.2) is 40.9 Å². The normalized spacial score (nSPS) is 14.5. The van der Waals surface area contributed by atoms with Crippen LogP contribution >= 0.6 is 0 Å². The van der Waals surface area contributed by atoms with E-state index in [1.807, 2.05) is 54.6 Å². The second-order valence-corrected chi connectivity index (χ2v) is 9.17. The second-order valence-electron chi connectivity index (χ2n) is 9.17. The Kier molecular flexibility index (Phi) is 10.7. The number of nitrogens with zero attached hydrogens (tertiary/aromatic N) is 2. The average molecular weight is 518 g/mol. The third-order valence-corrected chi connectivity index (χ3v) is 6.11. The molecule has 4 rings (SSSR count). The van der Waals surface area contributed by atoms with Crippen LogP contribution in [0.2, 0.25) is 0 Å². The highest BCUT2D eigenvalue weighted by atomic mass is 16.5. The Hall–Kier alpha value is -3.75. The number of ether oxygens (including phenoxy) is 3. The molecule has 8 heteroatoms. The van der Waals surface area contributed by atoms with Crippen molar-refractivity contribution in [2.24, 2.45) is 0 Å². The summed E-state index contributed by atoms with van der Waals surface area (Å²) >= 11 is 0. The number of benzene rings is 2. The van der Waals surface area contributed by atoms with Gasteiger partial charge >= 0.3 is 5.97 Å². The molecule has 1 aliphatic rings. The molecule has 0 fully saturated rings. The molecule has 1 aromatic heterocycles. The van der Waals surface area contributed by atoms with E-state index in [0.29, 0.717) is 39.0 Å². The lowest BCUT2D eigenvalue weighted by Gasteiger charge is -2.14. The van der Waals surface area contributed by atoms with Gasteiger partial charge in [0, 0.05) is 29.4 Å². The van der Waals surface area contributed by atoms with E-state index in [2.05, 4.69) is 16.4 Å². The zero-order valence-corrected chi connectivity index (χ0v) is 21.6. The average Bonchev–Trinajstić information content (AvgIpc) is 2.92. The van der Waals surface area contributed by atoms with Gasteiger partial charge in [0.15, 0.2) is 0 Å². The molecule has 8 nitrogen and oxygen atoms in total. The van der Waals surface area contributed by atoms with Crippen molar-refractivity contribution in [2.45, 2.75) is 51.7 Å². The third-order valence-electron chi connectivity index (χ3n) is 6.11. The first-order valence-corrected chi connectivity index (χ1v) is 13.1. The van der Waals surface area contributed by atoms with E-state index < -0.39 is 5.97 Å². The van der Waals surface area contributed by atoms with Crippen LogP contribution in [-0.2, 0) is 27.5 Å². The molecule has 0 atom stereocenters. The summed E-state index contributed by atoms with van der Waals surface area (Å²) in [5.74, 6) is 0.569. The van der Waals surface area contributed by atoms with Crippen molar-refractivity contribution >= 4 is 17.6 Å². The molecule has 0 saturated heterocycles. The number of carboxylic acid groups (broad SMARTS) is 1. The Morgan fingerprint density at radius 2 is 1.76 bits per heavy atom. The van der Waals surface area contributed by atoms with Gasteiger partial charge in [-0.1, -0.05) is 49.6 Å². The van der Waals surface area contributed by atoms with Crippen molar-refractivity contribution in [1.82, 2.24) is 9.97 Å². The summed E-state index contributed by atoms with van der Waals surface area (Å²) in [7, 11) is 0. The van der Waals surface area contributed by atoms with Gasteiger partial charge in [0.05, 0.1) is 38.7 Å². The number of anilines is 2. The molecule has 38 heavy (non-hydrogen) atoms. The van der Waals surface area contributed by atoms with Crippen LogP contribution in [0.5, 0.6) is 5.75 Å². The van der Waals surface area contributed by atoms with Crippen LogP contribution in [0.25, 0.3) is 11.3 Å². The maximum absolute atomic E-state index is 10.6. The van der Waals surface area contributed by atoms with Crippen LogP contribution in [0, 0.1) is 0 Å². The van der Waals surface area contributed by atoms with Crippen molar-refractivity contribution in [3.8, 4) is 17.0 Å². The minimum Gasteiger partial charge on any atom is -0.493 e. The first kappa shape index (κ1) is 27.3. The van der Waals surface area contributed by atoms with Gasteiger partial charge in [-0.2, -0.15) is 0 Å². The summed E-state index contributed by atoms with van der Waals surface area (Å²) in [6.07, 6.45) is 10.5. The van der Waals surface area contributed by atoms with Crippen LogP contribution in [0.3, 0.4) is 0 Å². The summed E-state index contributed by atoms with van der Waals surface area (Å²) in [6.45, 7) is 2.49. The summed E-state index contributed by atoms with van der Waals surface area (Å²) < 4.78 is 17.8. The highest BCUT2D eigenvalue weighted by molar-refractivity contribution is 5.66. The second kappa shape index (κ2) is 14.9. The number of carboxylic acids is 1. The van der Waals surface area contributed by atoms with E-state index >= 15 is 0 Å². The molecule has 0 aliphatic carbocycles. The molecule has 2 aromatic carbocycles. The molecule has 3 aromatic rings. The summed E-state index contributed by atoms with van der Waals surface area (Å²) in [4.78, 5) is 19.7. The molecule has 0 spiro atoms. The topological polar surface area (TPSA) is 103 Å². The van der Waals surface area contributed by atoms with Gasteiger partial charge in [-0.25, -0.2) is 9.97 Å². The van der Waals surface area contributed by atoms with Gasteiger partial charge in [-0.05, 0) is 48.7 Å². The van der Waals surface area contributed by atoms with Gasteiger partial charge in [0.1, 0.15) is 5.75 Å². The van der Waals surface area contributed by atoms with Gasteiger partial charge in [-0.15, -0.1) is 0 Å². The Bertz CT molecular complexity index is 1210. The van der Waals surface area contributed by atoms with E-state index in [1.165, 1.54) is 0 Å². The summed E-state index contributed by atoms with van der Waals surface area (Å²) in [5.41, 5.74) is 4.71. The number of hydrogen-bond acceptors (Lipinski definition) is 7. The Morgan fingerprint density at radius 3 is 2.63 bits per heavy atom. The molecule has 6 bridgehead atoms. The van der Waals surface area contributed by atoms with E-state index in [9.17, 15) is 4.79 Å². The number of carbonyl (C=O) groups is 1. The zero-order chi connectivity index (χ0) is 26.4. The number of hydrogen-bond donors (Lipinski definition) is 2. The van der Waals surface area contributed by atoms with E-state index in [-0.39, 0.29) is 6.42 Å². The van der Waals surface area contributed by atoms with Crippen LogP contribution in [0.1, 0.15) is 49.7 Å². The molecule has 1 aliphatic heterocycles. The van der Waals surface area contributed by atoms with E-state index in [0.717, 1.165) is 65.9 Å². The molecule has 0 radical (unpaired) electrons. The van der Waals surface area contributed by atoms with Crippen LogP contribution < -0.4 is 10.1 Å². The van der Waals surface area contributed by atoms with Gasteiger partial charge in [0.25, 0.3) is 0 Å². The predicted octanol–water partition coefficient (Wildman–Crippen LogP) is 6.29. The fourth-order valence-corrected chi connectivity index (χ4v) is 4.15. The summed E-state index contributed by atoms with van der Waals surface area (Å²) in [6, 6.07) is 16.0. The van der Waals surface area contributed by atoms with Gasteiger partial charge < -0.3 is 24.6 Å². The fraction of sp³-hybridized carbons (Fsp3) is 0.367.